The minimum Gasteiger partial charge on any atom is -0.489 e. The van der Waals surface area contributed by atoms with Crippen LogP contribution >= 0.6 is 27.3 Å². The van der Waals surface area contributed by atoms with Crippen LogP contribution in [0.1, 0.15) is 33.4 Å². The lowest BCUT2D eigenvalue weighted by Crippen LogP contribution is -2.22. The van der Waals surface area contributed by atoms with Crippen LogP contribution in [0.4, 0.5) is 5.13 Å². The Hall–Kier alpha value is -2.38. The molecule has 1 amide bonds. The van der Waals surface area contributed by atoms with Crippen molar-refractivity contribution in [1.29, 1.82) is 0 Å². The molecule has 0 aliphatic heterocycles. The fourth-order valence-electron chi connectivity index (χ4n) is 2.81. The Labute approximate surface area is 177 Å². The van der Waals surface area contributed by atoms with Gasteiger partial charge in [-0.1, -0.05) is 57.6 Å². The number of ether oxygens (including phenoxy) is 1. The van der Waals surface area contributed by atoms with E-state index in [9.17, 15) is 4.79 Å². The van der Waals surface area contributed by atoms with Gasteiger partial charge in [0, 0.05) is 23.1 Å². The van der Waals surface area contributed by atoms with E-state index < -0.39 is 5.91 Å². The van der Waals surface area contributed by atoms with Crippen molar-refractivity contribution in [2.24, 2.45) is 5.73 Å². The first-order valence-corrected chi connectivity index (χ1v) is 10.6. The highest BCUT2D eigenvalue weighted by molar-refractivity contribution is 9.10. The smallest absolute Gasteiger partial charge is 0.260 e. The van der Waals surface area contributed by atoms with Crippen LogP contribution in [-0.4, -0.2) is 17.4 Å². The first-order chi connectivity index (χ1) is 13.5. The van der Waals surface area contributed by atoms with Gasteiger partial charge in [-0.15, -0.1) is 0 Å². The number of hydrogen-bond donors (Lipinski definition) is 1. The van der Waals surface area contributed by atoms with E-state index in [0.717, 1.165) is 33.0 Å². The Morgan fingerprint density at radius 3 is 2.64 bits per heavy atom. The summed E-state index contributed by atoms with van der Waals surface area (Å²) in [5.74, 6) is 0.389. The Bertz CT molecular complexity index is 960. The van der Waals surface area contributed by atoms with Crippen LogP contribution in [-0.2, 0) is 13.2 Å². The number of carbonyl (C=O) groups is 1. The Kier molecular flexibility index (Phi) is 6.70. The summed E-state index contributed by atoms with van der Waals surface area (Å²) in [6.45, 7) is 5.73. The molecule has 0 spiro atoms. The van der Waals surface area contributed by atoms with Gasteiger partial charge in [0.2, 0.25) is 0 Å². The zero-order valence-electron chi connectivity index (χ0n) is 15.8. The van der Waals surface area contributed by atoms with Gasteiger partial charge in [-0.25, -0.2) is 4.98 Å². The third kappa shape index (κ3) is 4.91. The van der Waals surface area contributed by atoms with Crippen LogP contribution in [0.15, 0.2) is 53.0 Å². The highest BCUT2D eigenvalue weighted by Gasteiger charge is 2.18. The van der Waals surface area contributed by atoms with Crippen molar-refractivity contribution in [3.05, 3.63) is 74.7 Å². The molecule has 5 nitrogen and oxygen atoms in total. The van der Waals surface area contributed by atoms with E-state index >= 15 is 0 Å². The average Bonchev–Trinajstić information content (AvgIpc) is 3.08. The van der Waals surface area contributed by atoms with Crippen molar-refractivity contribution < 1.29 is 9.53 Å². The van der Waals surface area contributed by atoms with Crippen LogP contribution in [0.5, 0.6) is 5.75 Å². The molecule has 0 aliphatic carbocycles. The summed E-state index contributed by atoms with van der Waals surface area (Å²) in [5.41, 5.74) is 8.27. The minimum absolute atomic E-state index is 0.438. The maximum atomic E-state index is 11.6. The van der Waals surface area contributed by atoms with Gasteiger partial charge >= 0.3 is 0 Å². The van der Waals surface area contributed by atoms with Gasteiger partial charge in [0.1, 0.15) is 17.2 Å². The molecule has 146 valence electrons. The van der Waals surface area contributed by atoms with E-state index in [1.54, 1.807) is 6.92 Å². The largest absolute Gasteiger partial charge is 0.489 e. The number of rotatable bonds is 8. The number of primary amides is 1. The van der Waals surface area contributed by atoms with Crippen molar-refractivity contribution >= 4 is 38.3 Å². The van der Waals surface area contributed by atoms with Gasteiger partial charge < -0.3 is 15.4 Å². The summed E-state index contributed by atoms with van der Waals surface area (Å²) in [4.78, 5) is 18.7. The van der Waals surface area contributed by atoms with Crippen LogP contribution in [0.25, 0.3) is 0 Å². The molecule has 0 atom stereocenters. The Morgan fingerprint density at radius 2 is 2.00 bits per heavy atom. The number of nitrogens with two attached hydrogens (primary N) is 1. The van der Waals surface area contributed by atoms with E-state index in [1.807, 2.05) is 42.5 Å². The molecule has 28 heavy (non-hydrogen) atoms. The Morgan fingerprint density at radius 1 is 1.25 bits per heavy atom. The fourth-order valence-corrected chi connectivity index (χ4v) is 4.20. The van der Waals surface area contributed by atoms with Gasteiger partial charge in [-0.05, 0) is 37.6 Å². The number of benzene rings is 2. The zero-order valence-corrected chi connectivity index (χ0v) is 18.2. The maximum absolute atomic E-state index is 11.6. The first kappa shape index (κ1) is 20.4. The lowest BCUT2D eigenvalue weighted by atomic mass is 10.2. The molecule has 0 fully saturated rings. The zero-order chi connectivity index (χ0) is 20.1. The molecule has 0 bridgehead atoms. The molecule has 7 heteroatoms. The second-order valence-corrected chi connectivity index (χ2v) is 8.21. The minimum atomic E-state index is -0.438. The van der Waals surface area contributed by atoms with E-state index in [-0.39, 0.29) is 0 Å². The standard InChI is InChI=1S/C21H22BrN3O2S/c1-3-25(21-24-14(2)19(28-21)20(23)26)12-16-11-17(22)9-10-18(16)27-13-15-7-5-4-6-8-15/h4-11H,3,12-13H2,1-2H3,(H2,23,26). The summed E-state index contributed by atoms with van der Waals surface area (Å²) < 4.78 is 7.07. The van der Waals surface area contributed by atoms with E-state index in [2.05, 4.69) is 38.8 Å². The van der Waals surface area contributed by atoms with Crippen LogP contribution < -0.4 is 15.4 Å². The predicted molar refractivity (Wildman–Crippen MR) is 117 cm³/mol. The molecular weight excluding hydrogens is 438 g/mol. The normalized spacial score (nSPS) is 10.7. The lowest BCUT2D eigenvalue weighted by molar-refractivity contribution is 0.100. The molecular formula is C21H22BrN3O2S. The quantitative estimate of drug-likeness (QED) is 0.518. The van der Waals surface area contributed by atoms with Crippen molar-refractivity contribution in [2.45, 2.75) is 27.0 Å². The summed E-state index contributed by atoms with van der Waals surface area (Å²) in [7, 11) is 0. The number of nitrogens with zero attached hydrogens (tertiary/aromatic N) is 2. The fraction of sp³-hybridized carbons (Fsp3) is 0.238. The summed E-state index contributed by atoms with van der Waals surface area (Å²) >= 11 is 4.87. The highest BCUT2D eigenvalue weighted by Crippen LogP contribution is 2.30. The molecule has 0 unspecified atom stereocenters. The monoisotopic (exact) mass is 459 g/mol. The summed E-state index contributed by atoms with van der Waals surface area (Å²) in [6, 6.07) is 16.1. The average molecular weight is 460 g/mol. The first-order valence-electron chi connectivity index (χ1n) is 8.95. The second-order valence-electron chi connectivity index (χ2n) is 6.32. The molecule has 3 rings (SSSR count). The number of thiazole rings is 1. The van der Waals surface area contributed by atoms with Crippen LogP contribution in [0.3, 0.4) is 0 Å². The van der Waals surface area contributed by atoms with Gasteiger partial charge in [0.15, 0.2) is 5.13 Å². The predicted octanol–water partition coefficient (Wildman–Crippen LogP) is 4.92. The van der Waals surface area contributed by atoms with Crippen LogP contribution in [0, 0.1) is 6.92 Å². The van der Waals surface area contributed by atoms with Crippen molar-refractivity contribution in [2.75, 3.05) is 11.4 Å². The molecule has 1 heterocycles. The summed E-state index contributed by atoms with van der Waals surface area (Å²) in [5, 5.41) is 0.780. The number of aromatic nitrogens is 1. The molecule has 0 saturated heterocycles. The van der Waals surface area contributed by atoms with E-state index in [1.165, 1.54) is 11.3 Å². The van der Waals surface area contributed by atoms with Crippen molar-refractivity contribution in [3.63, 3.8) is 0 Å². The van der Waals surface area contributed by atoms with E-state index in [4.69, 9.17) is 10.5 Å². The van der Waals surface area contributed by atoms with Crippen molar-refractivity contribution in [3.8, 4) is 5.75 Å². The van der Waals surface area contributed by atoms with E-state index in [0.29, 0.717) is 23.7 Å². The highest BCUT2D eigenvalue weighted by atomic mass is 79.9. The molecule has 2 N–H and O–H groups in total. The van der Waals surface area contributed by atoms with Crippen molar-refractivity contribution in [1.82, 2.24) is 4.98 Å². The second kappa shape index (κ2) is 9.21. The van der Waals surface area contributed by atoms with Crippen LogP contribution in [0.2, 0.25) is 0 Å². The molecule has 0 saturated carbocycles. The SMILES string of the molecule is CCN(Cc1cc(Br)ccc1OCc1ccccc1)c1nc(C)c(C(N)=O)s1. The molecule has 3 aromatic rings. The molecule has 1 aromatic heterocycles. The topological polar surface area (TPSA) is 68.4 Å². The summed E-state index contributed by atoms with van der Waals surface area (Å²) in [6.07, 6.45) is 0. The van der Waals surface area contributed by atoms with Gasteiger partial charge in [-0.2, -0.15) is 0 Å². The lowest BCUT2D eigenvalue weighted by Gasteiger charge is -2.22. The number of anilines is 1. The number of aryl methyl sites for hydroxylation is 1. The third-order valence-electron chi connectivity index (χ3n) is 4.28. The van der Waals surface area contributed by atoms with Gasteiger partial charge in [0.05, 0.1) is 5.69 Å². The number of carbonyl (C=O) groups excluding carboxylic acids is 1. The molecule has 0 radical (unpaired) electrons. The number of halogens is 1. The molecule has 2 aromatic carbocycles. The number of amides is 1. The maximum Gasteiger partial charge on any atom is 0.260 e. The molecule has 0 aliphatic rings. The van der Waals surface area contributed by atoms with Gasteiger partial charge in [-0.3, -0.25) is 4.79 Å². The van der Waals surface area contributed by atoms with Gasteiger partial charge in [0.25, 0.3) is 5.91 Å². The third-order valence-corrected chi connectivity index (χ3v) is 6.01. The number of hydrogen-bond acceptors (Lipinski definition) is 5. The Balaban J connectivity index is 1.82.